The van der Waals surface area contributed by atoms with Gasteiger partial charge in [0.25, 0.3) is 0 Å². The predicted molar refractivity (Wildman–Crippen MR) is 103 cm³/mol. The first-order chi connectivity index (χ1) is 12.8. The molecule has 2 bridgehead atoms. The van der Waals surface area contributed by atoms with E-state index in [0.717, 1.165) is 57.0 Å². The van der Waals surface area contributed by atoms with E-state index < -0.39 is 0 Å². The molecule has 5 rings (SSSR count). The van der Waals surface area contributed by atoms with Crippen molar-refractivity contribution in [3.63, 3.8) is 0 Å². The number of nitrogens with zero attached hydrogens (tertiary/aromatic N) is 2. The van der Waals surface area contributed by atoms with Gasteiger partial charge >= 0.3 is 0 Å². The quantitative estimate of drug-likeness (QED) is 0.884. The third kappa shape index (κ3) is 3.41. The van der Waals surface area contributed by atoms with Crippen molar-refractivity contribution < 1.29 is 4.79 Å². The summed E-state index contributed by atoms with van der Waals surface area (Å²) in [6, 6.07) is 13.2. The largest absolute Gasteiger partial charge is 0.334 e. The normalized spacial score (nSPS) is 34.2. The Kier molecular flexibility index (Phi) is 4.49. The van der Waals surface area contributed by atoms with Crippen molar-refractivity contribution in [2.45, 2.75) is 75.7 Å². The van der Waals surface area contributed by atoms with E-state index in [9.17, 15) is 4.79 Å². The highest BCUT2D eigenvalue weighted by Crippen LogP contribution is 2.35. The zero-order chi connectivity index (χ0) is 17.5. The molecule has 26 heavy (non-hydrogen) atoms. The van der Waals surface area contributed by atoms with Gasteiger partial charge in [-0.2, -0.15) is 0 Å². The molecule has 1 N–H and O–H groups in total. The molecule has 4 aliphatic rings. The second-order valence-electron chi connectivity index (χ2n) is 8.93. The van der Waals surface area contributed by atoms with Crippen molar-refractivity contribution in [2.75, 3.05) is 13.1 Å². The molecule has 0 spiro atoms. The molecule has 1 aromatic rings. The number of hydrogen-bond acceptors (Lipinski definition) is 3. The number of amides is 1. The summed E-state index contributed by atoms with van der Waals surface area (Å²) in [6.07, 6.45) is 8.66. The van der Waals surface area contributed by atoms with Crippen molar-refractivity contribution in [2.24, 2.45) is 5.92 Å². The van der Waals surface area contributed by atoms with Gasteiger partial charge in [0.15, 0.2) is 0 Å². The minimum Gasteiger partial charge on any atom is -0.334 e. The molecule has 3 aliphatic heterocycles. The molecule has 1 saturated carbocycles. The molecular formula is C22H31N3O. The van der Waals surface area contributed by atoms with Crippen LogP contribution in [0.2, 0.25) is 0 Å². The number of likely N-dealkylation sites (tertiary alicyclic amines) is 1. The number of carbonyl (C=O) groups is 1. The van der Waals surface area contributed by atoms with Crippen LogP contribution in [0.1, 0.15) is 50.5 Å². The first-order valence-corrected chi connectivity index (χ1v) is 10.6. The second kappa shape index (κ2) is 6.97. The van der Waals surface area contributed by atoms with E-state index in [2.05, 4.69) is 45.4 Å². The zero-order valence-electron chi connectivity index (χ0n) is 15.6. The Balaban J connectivity index is 1.27. The van der Waals surface area contributed by atoms with E-state index in [0.29, 0.717) is 17.9 Å². The third-order valence-corrected chi connectivity index (χ3v) is 7.01. The van der Waals surface area contributed by atoms with Crippen molar-refractivity contribution in [3.05, 3.63) is 35.9 Å². The highest BCUT2D eigenvalue weighted by molar-refractivity contribution is 5.81. The van der Waals surface area contributed by atoms with Crippen LogP contribution in [0, 0.1) is 5.92 Å². The summed E-state index contributed by atoms with van der Waals surface area (Å²) in [6.45, 7) is 3.03. The van der Waals surface area contributed by atoms with Crippen LogP contribution < -0.4 is 5.32 Å². The van der Waals surface area contributed by atoms with Gasteiger partial charge in [-0.15, -0.1) is 0 Å². The standard InChI is InChI=1S/C22H31N3O/c26-22(17-6-7-17)25(14-16-4-2-1-3-5-16)20-10-11-24(15-20)21-12-18-8-9-19(13-21)23-18/h1-5,17-21,23H,6-15H2/t18?,19?,20-,21?/m1/s1. The maximum absolute atomic E-state index is 13.0. The molecule has 0 radical (unpaired) electrons. The van der Waals surface area contributed by atoms with Gasteiger partial charge in [-0.1, -0.05) is 30.3 Å². The Morgan fingerprint density at radius 2 is 1.77 bits per heavy atom. The minimum absolute atomic E-state index is 0.308. The first-order valence-electron chi connectivity index (χ1n) is 10.6. The van der Waals surface area contributed by atoms with Gasteiger partial charge in [0.1, 0.15) is 0 Å². The average Bonchev–Trinajstić information content (AvgIpc) is 3.32. The molecule has 1 amide bonds. The van der Waals surface area contributed by atoms with Gasteiger partial charge in [0.05, 0.1) is 0 Å². The van der Waals surface area contributed by atoms with Crippen LogP contribution in [-0.2, 0) is 11.3 Å². The van der Waals surface area contributed by atoms with E-state index >= 15 is 0 Å². The summed E-state index contributed by atoms with van der Waals surface area (Å²) in [5.74, 6) is 0.716. The van der Waals surface area contributed by atoms with Gasteiger partial charge in [-0.3, -0.25) is 9.69 Å². The van der Waals surface area contributed by atoms with Crippen LogP contribution in [0.3, 0.4) is 0 Å². The van der Waals surface area contributed by atoms with Crippen LogP contribution >= 0.6 is 0 Å². The fourth-order valence-corrected chi connectivity index (χ4v) is 5.41. The Labute approximate surface area is 156 Å². The smallest absolute Gasteiger partial charge is 0.226 e. The number of nitrogens with one attached hydrogen (secondary N) is 1. The van der Waals surface area contributed by atoms with Crippen molar-refractivity contribution in [3.8, 4) is 0 Å². The van der Waals surface area contributed by atoms with E-state index in [1.54, 1.807) is 0 Å². The molecule has 1 aromatic carbocycles. The van der Waals surface area contributed by atoms with E-state index in [1.807, 2.05) is 0 Å². The summed E-state index contributed by atoms with van der Waals surface area (Å²) in [7, 11) is 0. The monoisotopic (exact) mass is 353 g/mol. The number of piperidine rings is 1. The highest BCUT2D eigenvalue weighted by Gasteiger charge is 2.42. The SMILES string of the molecule is O=C(C1CC1)N(Cc1ccccc1)[C@@H]1CCN(C2CC3CCC(C2)N3)C1. The Hall–Kier alpha value is -1.39. The molecular weight excluding hydrogens is 322 g/mol. The molecule has 140 valence electrons. The lowest BCUT2D eigenvalue weighted by atomic mass is 9.98. The summed E-state index contributed by atoms with van der Waals surface area (Å²) in [5, 5.41) is 3.76. The van der Waals surface area contributed by atoms with E-state index in [1.165, 1.54) is 31.2 Å². The van der Waals surface area contributed by atoms with Crippen LogP contribution in [0.4, 0.5) is 0 Å². The van der Waals surface area contributed by atoms with E-state index in [-0.39, 0.29) is 0 Å². The van der Waals surface area contributed by atoms with Crippen LogP contribution in [-0.4, -0.2) is 53.0 Å². The number of carbonyl (C=O) groups excluding carboxylic acids is 1. The predicted octanol–water partition coefficient (Wildman–Crippen LogP) is 2.78. The lowest BCUT2D eigenvalue weighted by Gasteiger charge is -2.36. The van der Waals surface area contributed by atoms with Crippen molar-refractivity contribution in [1.29, 1.82) is 0 Å². The molecule has 2 unspecified atom stereocenters. The lowest BCUT2D eigenvalue weighted by molar-refractivity contribution is -0.135. The minimum atomic E-state index is 0.308. The summed E-state index contributed by atoms with van der Waals surface area (Å²) >= 11 is 0. The average molecular weight is 354 g/mol. The van der Waals surface area contributed by atoms with Crippen molar-refractivity contribution >= 4 is 5.91 Å². The fourth-order valence-electron chi connectivity index (χ4n) is 5.41. The molecule has 4 fully saturated rings. The molecule has 3 atom stereocenters. The lowest BCUT2D eigenvalue weighted by Crippen LogP contribution is -2.49. The van der Waals surface area contributed by atoms with Crippen LogP contribution in [0.15, 0.2) is 30.3 Å². The van der Waals surface area contributed by atoms with Gasteiger partial charge in [-0.25, -0.2) is 0 Å². The molecule has 4 nitrogen and oxygen atoms in total. The highest BCUT2D eigenvalue weighted by atomic mass is 16.2. The summed E-state index contributed by atoms with van der Waals surface area (Å²) in [5.41, 5.74) is 1.26. The first kappa shape index (κ1) is 16.8. The van der Waals surface area contributed by atoms with Crippen LogP contribution in [0.5, 0.6) is 0 Å². The summed E-state index contributed by atoms with van der Waals surface area (Å²) < 4.78 is 0. The number of benzene rings is 1. The summed E-state index contributed by atoms with van der Waals surface area (Å²) in [4.78, 5) is 17.9. The molecule has 3 heterocycles. The Morgan fingerprint density at radius 3 is 2.46 bits per heavy atom. The molecule has 0 aromatic heterocycles. The fraction of sp³-hybridized carbons (Fsp3) is 0.682. The van der Waals surface area contributed by atoms with E-state index in [4.69, 9.17) is 0 Å². The van der Waals surface area contributed by atoms with Crippen LogP contribution in [0.25, 0.3) is 0 Å². The molecule has 1 aliphatic carbocycles. The third-order valence-electron chi connectivity index (χ3n) is 7.01. The second-order valence-corrected chi connectivity index (χ2v) is 8.93. The zero-order valence-corrected chi connectivity index (χ0v) is 15.6. The van der Waals surface area contributed by atoms with Gasteiger partial charge in [0, 0.05) is 49.7 Å². The molecule has 3 saturated heterocycles. The number of hydrogen-bond donors (Lipinski definition) is 1. The Morgan fingerprint density at radius 1 is 1.04 bits per heavy atom. The number of rotatable bonds is 5. The number of fused-ring (bicyclic) bond motifs is 2. The Bertz CT molecular complexity index is 632. The van der Waals surface area contributed by atoms with Gasteiger partial charge in [0.2, 0.25) is 5.91 Å². The maximum Gasteiger partial charge on any atom is 0.226 e. The van der Waals surface area contributed by atoms with Crippen molar-refractivity contribution in [1.82, 2.24) is 15.1 Å². The molecule has 4 heteroatoms. The van der Waals surface area contributed by atoms with Gasteiger partial charge in [-0.05, 0) is 50.5 Å². The van der Waals surface area contributed by atoms with Gasteiger partial charge < -0.3 is 10.2 Å². The maximum atomic E-state index is 13.0. The topological polar surface area (TPSA) is 35.6 Å².